The average Bonchev–Trinajstić information content (AvgIpc) is 2.33. The summed E-state index contributed by atoms with van der Waals surface area (Å²) in [6.07, 6.45) is 4.36. The lowest BCUT2D eigenvalue weighted by Gasteiger charge is -2.32. The number of halogens is 1. The Kier molecular flexibility index (Phi) is 4.77. The van der Waals surface area contributed by atoms with Crippen LogP contribution >= 0.6 is 11.6 Å². The van der Waals surface area contributed by atoms with E-state index in [1.807, 2.05) is 13.1 Å². The Bertz CT molecular complexity index is 354. The molecule has 1 saturated heterocycles. The fraction of sp³-hybridized carbons (Fsp3) is 0.615. The second-order valence-corrected chi connectivity index (χ2v) is 5.11. The molecule has 1 N–H and O–H groups in total. The summed E-state index contributed by atoms with van der Waals surface area (Å²) < 4.78 is 0. The van der Waals surface area contributed by atoms with Gasteiger partial charge >= 0.3 is 0 Å². The Labute approximate surface area is 108 Å². The van der Waals surface area contributed by atoms with Gasteiger partial charge in [-0.05, 0) is 45.0 Å². The van der Waals surface area contributed by atoms with Gasteiger partial charge in [0.2, 0.25) is 0 Å². The van der Waals surface area contributed by atoms with Crippen molar-refractivity contribution in [3.63, 3.8) is 0 Å². The molecule has 3 nitrogen and oxygen atoms in total. The van der Waals surface area contributed by atoms with Crippen LogP contribution in [0.1, 0.15) is 18.4 Å². The summed E-state index contributed by atoms with van der Waals surface area (Å²) in [6.45, 7) is 4.36. The molecule has 0 spiro atoms. The molecule has 0 saturated carbocycles. The zero-order valence-electron chi connectivity index (χ0n) is 10.3. The van der Waals surface area contributed by atoms with Crippen molar-refractivity contribution in [1.29, 1.82) is 0 Å². The summed E-state index contributed by atoms with van der Waals surface area (Å²) in [5.74, 6) is 0.768. The maximum Gasteiger partial charge on any atom is 0.133 e. The van der Waals surface area contributed by atoms with Crippen LogP contribution in [0.5, 0.6) is 0 Å². The number of rotatable bonds is 4. The van der Waals surface area contributed by atoms with E-state index in [2.05, 4.69) is 21.3 Å². The first-order chi connectivity index (χ1) is 8.29. The zero-order chi connectivity index (χ0) is 12.1. The molecule has 0 radical (unpaired) electrons. The summed E-state index contributed by atoms with van der Waals surface area (Å²) in [5, 5.41) is 3.91. The summed E-state index contributed by atoms with van der Waals surface area (Å²) in [7, 11) is 2.02. The number of aromatic nitrogens is 1. The molecule has 2 rings (SSSR count). The van der Waals surface area contributed by atoms with E-state index < -0.39 is 0 Å². The highest BCUT2D eigenvalue weighted by atomic mass is 35.5. The first kappa shape index (κ1) is 12.8. The van der Waals surface area contributed by atoms with E-state index in [9.17, 15) is 0 Å². The second-order valence-electron chi connectivity index (χ2n) is 4.75. The fourth-order valence-electron chi connectivity index (χ4n) is 2.53. The highest BCUT2D eigenvalue weighted by molar-refractivity contribution is 6.30. The Balaban J connectivity index is 1.92. The molecule has 0 bridgehead atoms. The number of hydrogen-bond acceptors (Lipinski definition) is 3. The molecule has 0 amide bonds. The first-order valence-corrected chi connectivity index (χ1v) is 6.63. The van der Waals surface area contributed by atoms with Crippen molar-refractivity contribution in [3.05, 3.63) is 29.0 Å². The Morgan fingerprint density at radius 1 is 1.59 bits per heavy atom. The van der Waals surface area contributed by atoms with Crippen LogP contribution in [0.4, 0.5) is 0 Å². The van der Waals surface area contributed by atoms with Crippen molar-refractivity contribution in [2.75, 3.05) is 26.7 Å². The molecular formula is C13H20ClN3. The number of nitrogens with one attached hydrogen (secondary N) is 1. The van der Waals surface area contributed by atoms with Gasteiger partial charge in [-0.3, -0.25) is 4.90 Å². The summed E-state index contributed by atoms with van der Waals surface area (Å²) in [5.41, 5.74) is 1.14. The van der Waals surface area contributed by atoms with Gasteiger partial charge in [0.25, 0.3) is 0 Å². The topological polar surface area (TPSA) is 28.2 Å². The third-order valence-electron chi connectivity index (χ3n) is 3.33. The lowest BCUT2D eigenvalue weighted by molar-refractivity contribution is 0.166. The molecule has 1 atom stereocenters. The molecule has 0 aromatic carbocycles. The van der Waals surface area contributed by atoms with E-state index in [0.29, 0.717) is 5.15 Å². The van der Waals surface area contributed by atoms with E-state index in [1.165, 1.54) is 19.4 Å². The number of pyridine rings is 1. The smallest absolute Gasteiger partial charge is 0.133 e. The molecule has 1 aromatic heterocycles. The summed E-state index contributed by atoms with van der Waals surface area (Å²) in [4.78, 5) is 6.61. The van der Waals surface area contributed by atoms with Crippen molar-refractivity contribution in [2.45, 2.75) is 19.4 Å². The molecule has 17 heavy (non-hydrogen) atoms. The van der Waals surface area contributed by atoms with Gasteiger partial charge in [0, 0.05) is 24.8 Å². The van der Waals surface area contributed by atoms with Gasteiger partial charge in [-0.25, -0.2) is 4.98 Å². The van der Waals surface area contributed by atoms with E-state index >= 15 is 0 Å². The predicted molar refractivity (Wildman–Crippen MR) is 71.2 cm³/mol. The van der Waals surface area contributed by atoms with Gasteiger partial charge in [-0.1, -0.05) is 17.7 Å². The van der Waals surface area contributed by atoms with Crippen LogP contribution in [0.2, 0.25) is 5.15 Å². The van der Waals surface area contributed by atoms with Gasteiger partial charge in [0.1, 0.15) is 5.15 Å². The second kappa shape index (κ2) is 6.34. The maximum absolute atomic E-state index is 6.09. The van der Waals surface area contributed by atoms with E-state index in [-0.39, 0.29) is 0 Å². The minimum absolute atomic E-state index is 0.642. The van der Waals surface area contributed by atoms with Gasteiger partial charge in [-0.15, -0.1) is 0 Å². The molecule has 1 aromatic rings. The molecule has 0 aliphatic carbocycles. The molecule has 1 aliphatic heterocycles. The Hall–Kier alpha value is -0.640. The van der Waals surface area contributed by atoms with Crippen LogP contribution in [-0.2, 0) is 6.54 Å². The van der Waals surface area contributed by atoms with Crippen LogP contribution in [0.15, 0.2) is 18.3 Å². The molecule has 94 valence electrons. The van der Waals surface area contributed by atoms with E-state index in [4.69, 9.17) is 11.6 Å². The largest absolute Gasteiger partial charge is 0.319 e. The van der Waals surface area contributed by atoms with Crippen molar-refractivity contribution in [2.24, 2.45) is 5.92 Å². The molecule has 4 heteroatoms. The van der Waals surface area contributed by atoms with Crippen molar-refractivity contribution in [3.8, 4) is 0 Å². The Morgan fingerprint density at radius 2 is 2.47 bits per heavy atom. The molecule has 1 fully saturated rings. The van der Waals surface area contributed by atoms with E-state index in [0.717, 1.165) is 31.1 Å². The van der Waals surface area contributed by atoms with Gasteiger partial charge in [0.15, 0.2) is 0 Å². The molecule has 1 aliphatic rings. The summed E-state index contributed by atoms with van der Waals surface area (Å²) in [6, 6.07) is 4.02. The SMILES string of the molecule is CNCC1CCCN(Cc2cccnc2Cl)C1. The third kappa shape index (κ3) is 3.66. The van der Waals surface area contributed by atoms with Crippen LogP contribution in [0, 0.1) is 5.92 Å². The molecule has 1 unspecified atom stereocenters. The third-order valence-corrected chi connectivity index (χ3v) is 3.67. The zero-order valence-corrected chi connectivity index (χ0v) is 11.1. The van der Waals surface area contributed by atoms with Crippen molar-refractivity contribution >= 4 is 11.6 Å². The number of nitrogens with zero attached hydrogens (tertiary/aromatic N) is 2. The van der Waals surface area contributed by atoms with Crippen LogP contribution < -0.4 is 5.32 Å². The standard InChI is InChI=1S/C13H20ClN3/c1-15-8-11-4-3-7-17(9-11)10-12-5-2-6-16-13(12)14/h2,5-6,11,15H,3-4,7-10H2,1H3. The lowest BCUT2D eigenvalue weighted by atomic mass is 9.98. The monoisotopic (exact) mass is 253 g/mol. The van der Waals surface area contributed by atoms with Crippen LogP contribution in [0.25, 0.3) is 0 Å². The quantitative estimate of drug-likeness (QED) is 0.834. The fourth-order valence-corrected chi connectivity index (χ4v) is 2.71. The highest BCUT2D eigenvalue weighted by Crippen LogP contribution is 2.20. The highest BCUT2D eigenvalue weighted by Gasteiger charge is 2.19. The molecule has 2 heterocycles. The minimum atomic E-state index is 0.642. The van der Waals surface area contributed by atoms with Gasteiger partial charge in [0.05, 0.1) is 0 Å². The maximum atomic E-state index is 6.09. The van der Waals surface area contributed by atoms with Crippen molar-refractivity contribution in [1.82, 2.24) is 15.2 Å². The summed E-state index contributed by atoms with van der Waals surface area (Å²) >= 11 is 6.09. The predicted octanol–water partition coefficient (Wildman–Crippen LogP) is 2.17. The van der Waals surface area contributed by atoms with Crippen LogP contribution in [-0.4, -0.2) is 36.6 Å². The molecular weight excluding hydrogens is 234 g/mol. The van der Waals surface area contributed by atoms with Crippen LogP contribution in [0.3, 0.4) is 0 Å². The minimum Gasteiger partial charge on any atom is -0.319 e. The van der Waals surface area contributed by atoms with Gasteiger partial charge < -0.3 is 5.32 Å². The lowest BCUT2D eigenvalue weighted by Crippen LogP contribution is -2.38. The van der Waals surface area contributed by atoms with Gasteiger partial charge in [-0.2, -0.15) is 0 Å². The number of hydrogen-bond donors (Lipinski definition) is 1. The normalized spacial score (nSPS) is 21.6. The van der Waals surface area contributed by atoms with Crippen molar-refractivity contribution < 1.29 is 0 Å². The first-order valence-electron chi connectivity index (χ1n) is 6.26. The van der Waals surface area contributed by atoms with E-state index in [1.54, 1.807) is 6.20 Å². The Morgan fingerprint density at radius 3 is 3.24 bits per heavy atom. The number of piperidine rings is 1. The number of likely N-dealkylation sites (tertiary alicyclic amines) is 1. The average molecular weight is 254 g/mol.